The molecule has 2 amide bonds. The largest absolute Gasteiger partial charge is 0.347 e. The van der Waals surface area contributed by atoms with E-state index >= 15 is 0 Å². The van der Waals surface area contributed by atoms with Crippen LogP contribution in [0.1, 0.15) is 38.6 Å². The SMILES string of the molecule is Cc1ncn(-c2ccc(NC(=O)CNC(=O)CC(C)(C)C)cc2)c1C. The smallest absolute Gasteiger partial charge is 0.243 e. The van der Waals surface area contributed by atoms with Crippen LogP contribution < -0.4 is 10.6 Å². The highest BCUT2D eigenvalue weighted by molar-refractivity contribution is 5.94. The van der Waals surface area contributed by atoms with Gasteiger partial charge in [-0.2, -0.15) is 0 Å². The number of aryl methyl sites for hydroxylation is 1. The second kappa shape index (κ2) is 7.51. The summed E-state index contributed by atoms with van der Waals surface area (Å²) in [6.45, 7) is 9.90. The molecule has 1 heterocycles. The van der Waals surface area contributed by atoms with Crippen molar-refractivity contribution in [3.05, 3.63) is 42.0 Å². The number of hydrogen-bond donors (Lipinski definition) is 2. The van der Waals surface area contributed by atoms with E-state index in [1.165, 1.54) is 0 Å². The van der Waals surface area contributed by atoms with Gasteiger partial charge in [-0.05, 0) is 43.5 Å². The second-order valence-corrected chi connectivity index (χ2v) is 7.39. The number of nitrogens with one attached hydrogen (secondary N) is 2. The number of rotatable bonds is 5. The zero-order valence-electron chi connectivity index (χ0n) is 15.5. The van der Waals surface area contributed by atoms with Gasteiger partial charge in [0.2, 0.25) is 11.8 Å². The topological polar surface area (TPSA) is 76.0 Å². The van der Waals surface area contributed by atoms with Crippen molar-refractivity contribution < 1.29 is 9.59 Å². The van der Waals surface area contributed by atoms with Crippen LogP contribution in [0.5, 0.6) is 0 Å². The Hall–Kier alpha value is -2.63. The van der Waals surface area contributed by atoms with Crippen molar-refractivity contribution >= 4 is 17.5 Å². The van der Waals surface area contributed by atoms with E-state index in [9.17, 15) is 9.59 Å². The molecular weight excluding hydrogens is 316 g/mol. The maximum atomic E-state index is 12.0. The number of amides is 2. The Morgan fingerprint density at radius 1 is 1.08 bits per heavy atom. The molecule has 2 aromatic rings. The Bertz CT molecular complexity index is 755. The van der Waals surface area contributed by atoms with Gasteiger partial charge in [0.05, 0.1) is 18.6 Å². The highest BCUT2D eigenvalue weighted by Gasteiger charge is 2.16. The molecule has 2 rings (SSSR count). The van der Waals surface area contributed by atoms with Crippen LogP contribution in [0.2, 0.25) is 0 Å². The first-order valence-electron chi connectivity index (χ1n) is 8.33. The monoisotopic (exact) mass is 342 g/mol. The minimum Gasteiger partial charge on any atom is -0.347 e. The summed E-state index contributed by atoms with van der Waals surface area (Å²) in [5.74, 6) is -0.367. The quantitative estimate of drug-likeness (QED) is 0.877. The predicted molar refractivity (Wildman–Crippen MR) is 98.7 cm³/mol. The van der Waals surface area contributed by atoms with E-state index in [0.717, 1.165) is 17.1 Å². The zero-order chi connectivity index (χ0) is 18.6. The number of carbonyl (C=O) groups excluding carboxylic acids is 2. The average molecular weight is 342 g/mol. The van der Waals surface area contributed by atoms with Gasteiger partial charge in [-0.25, -0.2) is 4.98 Å². The summed E-state index contributed by atoms with van der Waals surface area (Å²) in [6, 6.07) is 7.50. The van der Waals surface area contributed by atoms with Crippen LogP contribution in [-0.2, 0) is 9.59 Å². The molecule has 0 aliphatic heterocycles. The standard InChI is InChI=1S/C19H26N4O2/c1-13-14(2)23(12-21-13)16-8-6-15(7-9-16)22-18(25)11-20-17(24)10-19(3,4)5/h6-9,12H,10-11H2,1-5H3,(H,20,24)(H,22,25). The summed E-state index contributed by atoms with van der Waals surface area (Å²) in [5.41, 5.74) is 3.64. The van der Waals surface area contributed by atoms with E-state index < -0.39 is 0 Å². The zero-order valence-corrected chi connectivity index (χ0v) is 15.5. The van der Waals surface area contributed by atoms with Crippen molar-refractivity contribution in [3.63, 3.8) is 0 Å². The Morgan fingerprint density at radius 2 is 1.72 bits per heavy atom. The summed E-state index contributed by atoms with van der Waals surface area (Å²) in [5, 5.41) is 5.42. The van der Waals surface area contributed by atoms with Crippen LogP contribution in [0.25, 0.3) is 5.69 Å². The number of nitrogens with zero attached hydrogens (tertiary/aromatic N) is 2. The van der Waals surface area contributed by atoms with E-state index in [0.29, 0.717) is 12.1 Å². The number of aromatic nitrogens is 2. The van der Waals surface area contributed by atoms with E-state index in [2.05, 4.69) is 15.6 Å². The molecule has 0 radical (unpaired) electrons. The third-order valence-electron chi connectivity index (χ3n) is 3.82. The fraction of sp³-hybridized carbons (Fsp3) is 0.421. The Balaban J connectivity index is 1.89. The molecule has 0 atom stereocenters. The highest BCUT2D eigenvalue weighted by atomic mass is 16.2. The van der Waals surface area contributed by atoms with Crippen LogP contribution in [0.3, 0.4) is 0 Å². The van der Waals surface area contributed by atoms with Gasteiger partial charge in [-0.1, -0.05) is 20.8 Å². The van der Waals surface area contributed by atoms with Crippen molar-refractivity contribution in [3.8, 4) is 5.69 Å². The molecule has 0 spiro atoms. The van der Waals surface area contributed by atoms with Gasteiger partial charge in [0.15, 0.2) is 0 Å². The van der Waals surface area contributed by atoms with Gasteiger partial charge >= 0.3 is 0 Å². The minimum atomic E-state index is -0.246. The molecule has 0 saturated heterocycles. The lowest BCUT2D eigenvalue weighted by atomic mass is 9.92. The van der Waals surface area contributed by atoms with E-state index in [4.69, 9.17) is 0 Å². The van der Waals surface area contributed by atoms with Crippen LogP contribution in [-0.4, -0.2) is 27.9 Å². The van der Waals surface area contributed by atoms with Crippen LogP contribution in [0.15, 0.2) is 30.6 Å². The lowest BCUT2D eigenvalue weighted by Gasteiger charge is -2.17. The normalized spacial score (nSPS) is 11.2. The third-order valence-corrected chi connectivity index (χ3v) is 3.82. The number of carbonyl (C=O) groups is 2. The van der Waals surface area contributed by atoms with Gasteiger partial charge in [-0.15, -0.1) is 0 Å². The molecule has 0 fully saturated rings. The Labute approximate surface area is 148 Å². The van der Waals surface area contributed by atoms with Crippen LogP contribution in [0, 0.1) is 19.3 Å². The first kappa shape index (κ1) is 18.7. The van der Waals surface area contributed by atoms with E-state index in [1.54, 1.807) is 6.33 Å². The Kier molecular flexibility index (Phi) is 5.62. The second-order valence-electron chi connectivity index (χ2n) is 7.39. The summed E-state index contributed by atoms with van der Waals surface area (Å²) in [7, 11) is 0. The fourth-order valence-electron chi connectivity index (χ4n) is 2.39. The fourth-order valence-corrected chi connectivity index (χ4v) is 2.39. The maximum absolute atomic E-state index is 12.0. The van der Waals surface area contributed by atoms with Gasteiger partial charge in [0.25, 0.3) is 0 Å². The first-order valence-corrected chi connectivity index (χ1v) is 8.33. The van der Waals surface area contributed by atoms with Gasteiger partial charge in [0, 0.05) is 23.5 Å². The summed E-state index contributed by atoms with van der Waals surface area (Å²) in [6.07, 6.45) is 2.17. The van der Waals surface area contributed by atoms with Gasteiger partial charge < -0.3 is 15.2 Å². The molecule has 6 heteroatoms. The molecule has 134 valence electrons. The molecule has 0 aliphatic carbocycles. The number of hydrogen-bond acceptors (Lipinski definition) is 3. The molecule has 1 aromatic carbocycles. The molecule has 0 saturated carbocycles. The molecule has 2 N–H and O–H groups in total. The number of benzene rings is 1. The average Bonchev–Trinajstić information content (AvgIpc) is 2.84. The van der Waals surface area contributed by atoms with Crippen molar-refractivity contribution in [2.75, 3.05) is 11.9 Å². The van der Waals surface area contributed by atoms with Crippen molar-refractivity contribution in [1.82, 2.24) is 14.9 Å². The van der Waals surface area contributed by atoms with Crippen LogP contribution in [0.4, 0.5) is 5.69 Å². The molecule has 0 bridgehead atoms. The third kappa shape index (κ3) is 5.45. The lowest BCUT2D eigenvalue weighted by Crippen LogP contribution is -2.34. The maximum Gasteiger partial charge on any atom is 0.243 e. The van der Waals surface area contributed by atoms with E-state index in [-0.39, 0.29) is 23.8 Å². The molecule has 6 nitrogen and oxygen atoms in total. The van der Waals surface area contributed by atoms with Gasteiger partial charge in [0.1, 0.15) is 0 Å². The van der Waals surface area contributed by atoms with Crippen molar-refractivity contribution in [2.24, 2.45) is 5.41 Å². The predicted octanol–water partition coefficient (Wildman–Crippen LogP) is 2.98. The highest BCUT2D eigenvalue weighted by Crippen LogP contribution is 2.18. The summed E-state index contributed by atoms with van der Waals surface area (Å²) >= 11 is 0. The van der Waals surface area contributed by atoms with E-state index in [1.807, 2.05) is 63.5 Å². The molecule has 25 heavy (non-hydrogen) atoms. The Morgan fingerprint density at radius 3 is 2.24 bits per heavy atom. The number of imidazole rings is 1. The summed E-state index contributed by atoms with van der Waals surface area (Å²) in [4.78, 5) is 28.0. The molecule has 1 aromatic heterocycles. The first-order chi connectivity index (χ1) is 11.7. The van der Waals surface area contributed by atoms with Gasteiger partial charge in [-0.3, -0.25) is 9.59 Å². The number of anilines is 1. The van der Waals surface area contributed by atoms with Crippen molar-refractivity contribution in [2.45, 2.75) is 41.0 Å². The molecular formula is C19H26N4O2. The lowest BCUT2D eigenvalue weighted by molar-refractivity contribution is -0.125. The minimum absolute atomic E-state index is 0.0313. The van der Waals surface area contributed by atoms with Crippen LogP contribution >= 0.6 is 0 Å². The molecule has 0 unspecified atom stereocenters. The van der Waals surface area contributed by atoms with Crippen molar-refractivity contribution in [1.29, 1.82) is 0 Å². The summed E-state index contributed by atoms with van der Waals surface area (Å²) < 4.78 is 1.99. The molecule has 0 aliphatic rings.